The molecule has 1 aliphatic heterocycles. The molecule has 2 aliphatic carbocycles. The molecule has 9 nitrogen and oxygen atoms in total. The van der Waals surface area contributed by atoms with Gasteiger partial charge in [0.15, 0.2) is 0 Å². The lowest BCUT2D eigenvalue weighted by molar-refractivity contribution is 0.00578. The van der Waals surface area contributed by atoms with Gasteiger partial charge in [-0.25, -0.2) is 0 Å². The van der Waals surface area contributed by atoms with Crippen molar-refractivity contribution in [3.05, 3.63) is 184 Å². The van der Waals surface area contributed by atoms with Crippen molar-refractivity contribution in [3.63, 3.8) is 0 Å². The van der Waals surface area contributed by atoms with Crippen LogP contribution in [-0.2, 0) is 9.31 Å². The quantitative estimate of drug-likeness (QED) is 0.0594. The summed E-state index contributed by atoms with van der Waals surface area (Å²) in [5, 5.41) is 5.79. The van der Waals surface area contributed by atoms with Crippen LogP contribution in [0.3, 0.4) is 0 Å². The molecule has 0 bridgehead atoms. The second-order valence-electron chi connectivity index (χ2n) is 23.3. The Morgan fingerprint density at radius 2 is 1.07 bits per heavy atom. The minimum Gasteiger partial charge on any atom is -0.496 e. The van der Waals surface area contributed by atoms with Gasteiger partial charge < -0.3 is 39.1 Å². The standard InChI is InChI=1S/C26H35O2P.C18H17NO.C12H7Br2NO.C9H17BO2.C7H6O.2CH4/c1-27-23-17-11-18-24(28-2)26(23)22-16-9-10-19-25(22)29(20-12-5-3-6-13-20)21-14-7-4-8-15-21;1-10(2)13-9-15-17(16(11(3)4)18(13)19)12-7-5-6-8-14(12)20-15;13-7-5-9-10(11(14)12(7)15)6-3-1-2-4-8(6)16-9;1-7(2)10-11-8(3,4)9(5,6)12-10;8-6-7-4-2-1-3-5-7;;/h9-11,16-21H,3-8,12-15H2,1-2H3;5-9H,1,3,19H2,2,4H3;1-5H,15H2;1H2,2-6H3;1-6H;2*1H4. The molecule has 0 atom stereocenters. The number of methoxy groups -OCH3 is 2. The van der Waals surface area contributed by atoms with Gasteiger partial charge in [0.2, 0.25) is 0 Å². The zero-order valence-corrected chi connectivity index (χ0v) is 55.0. The number of aldehydes is 1. The van der Waals surface area contributed by atoms with Crippen molar-refractivity contribution < 1.29 is 32.4 Å². The van der Waals surface area contributed by atoms with Gasteiger partial charge in [-0.05, 0) is 176 Å². The molecule has 0 spiro atoms. The molecular weight excluding hydrogens is 1230 g/mol. The van der Waals surface area contributed by atoms with Gasteiger partial charge in [0.25, 0.3) is 0 Å². The van der Waals surface area contributed by atoms with E-state index in [0.29, 0.717) is 5.69 Å². The number of carbonyl (C=O) groups is 1. The Bertz CT molecular complexity index is 3760. The fraction of sp³-hybridized carbons (Fsp3) is 0.338. The molecule has 460 valence electrons. The Kier molecular flexibility index (Phi) is 25.0. The summed E-state index contributed by atoms with van der Waals surface area (Å²) in [7, 11) is 3.12. The summed E-state index contributed by atoms with van der Waals surface area (Å²) in [6, 6.07) is 44.2. The van der Waals surface area contributed by atoms with Crippen LogP contribution in [0.1, 0.15) is 149 Å². The predicted octanol–water partition coefficient (Wildman–Crippen LogP) is 22.0. The van der Waals surface area contributed by atoms with E-state index in [1.54, 1.807) is 31.7 Å². The lowest BCUT2D eigenvalue weighted by Crippen LogP contribution is -2.41. The third-order valence-electron chi connectivity index (χ3n) is 16.6. The van der Waals surface area contributed by atoms with Crippen LogP contribution in [0.2, 0.25) is 0 Å². The van der Waals surface area contributed by atoms with Gasteiger partial charge >= 0.3 is 7.12 Å². The molecule has 2 saturated carbocycles. The third-order valence-corrected chi connectivity index (χ3v) is 21.6. The van der Waals surface area contributed by atoms with Gasteiger partial charge in [0.05, 0.1) is 41.1 Å². The molecule has 87 heavy (non-hydrogen) atoms. The zero-order chi connectivity index (χ0) is 61.2. The van der Waals surface area contributed by atoms with Gasteiger partial charge in [-0.3, -0.25) is 4.79 Å². The number of anilines is 2. The van der Waals surface area contributed by atoms with Crippen LogP contribution in [0, 0.1) is 0 Å². The van der Waals surface area contributed by atoms with Crippen molar-refractivity contribution in [2.75, 3.05) is 25.7 Å². The molecule has 12 rings (SSSR count). The number of benzene rings is 7. The van der Waals surface area contributed by atoms with E-state index in [0.717, 1.165) is 126 Å². The van der Waals surface area contributed by atoms with Gasteiger partial charge in [0.1, 0.15) is 40.1 Å². The Balaban J connectivity index is 0.000000183. The molecule has 0 amide bonds. The highest BCUT2D eigenvalue weighted by atomic mass is 79.9. The summed E-state index contributed by atoms with van der Waals surface area (Å²) in [6.07, 6.45) is 15.0. The van der Waals surface area contributed by atoms with Crippen molar-refractivity contribution >= 4 is 125 Å². The monoisotopic (exact) mass is 1320 g/mol. The number of fused-ring (bicyclic) bond motifs is 6. The number of allylic oxidation sites excluding steroid dienone is 3. The number of hydrogen-bond acceptors (Lipinski definition) is 9. The lowest BCUT2D eigenvalue weighted by atomic mass is 9.81. The minimum absolute atomic E-state index is 0. The Morgan fingerprint density at radius 1 is 0.598 bits per heavy atom. The first kappa shape index (κ1) is 69.7. The first-order chi connectivity index (χ1) is 40.7. The Morgan fingerprint density at radius 3 is 1.53 bits per heavy atom. The van der Waals surface area contributed by atoms with E-state index >= 15 is 0 Å². The summed E-state index contributed by atoms with van der Waals surface area (Å²) >= 11 is 6.93. The number of para-hydroxylation sites is 2. The van der Waals surface area contributed by atoms with E-state index in [2.05, 4.69) is 88.0 Å². The van der Waals surface area contributed by atoms with Crippen molar-refractivity contribution in [3.8, 4) is 22.6 Å². The van der Waals surface area contributed by atoms with Crippen molar-refractivity contribution in [1.82, 2.24) is 0 Å². The van der Waals surface area contributed by atoms with Gasteiger partial charge in [-0.15, -0.1) is 6.58 Å². The molecule has 0 unspecified atom stereocenters. The van der Waals surface area contributed by atoms with E-state index in [-0.39, 0.29) is 41.1 Å². The zero-order valence-electron chi connectivity index (χ0n) is 50.9. The summed E-state index contributed by atoms with van der Waals surface area (Å²) in [5.41, 5.74) is 26.3. The van der Waals surface area contributed by atoms with Crippen molar-refractivity contribution in [1.29, 1.82) is 0 Å². The Labute approximate surface area is 536 Å². The van der Waals surface area contributed by atoms with E-state index in [9.17, 15) is 4.79 Å². The van der Waals surface area contributed by atoms with Crippen LogP contribution in [0.4, 0.5) is 11.4 Å². The molecule has 9 aromatic rings. The van der Waals surface area contributed by atoms with E-state index in [1.807, 2.05) is 133 Å². The molecule has 4 N–H and O–H groups in total. The van der Waals surface area contributed by atoms with Gasteiger partial charge in [-0.2, -0.15) is 0 Å². The number of ether oxygens (including phenoxy) is 2. The number of hydrogen-bond donors (Lipinski definition) is 2. The fourth-order valence-electron chi connectivity index (χ4n) is 11.5. The minimum atomic E-state index is -0.241. The largest absolute Gasteiger partial charge is 0.496 e. The topological polar surface area (TPSA) is 132 Å². The normalized spacial score (nSPS) is 15.2. The number of halogens is 2. The maximum Gasteiger partial charge on any atom is 0.489 e. The number of nitrogen functional groups attached to an aromatic ring is 2. The maximum absolute atomic E-state index is 10.0. The molecule has 3 fully saturated rings. The number of nitrogens with two attached hydrogens (primary N) is 2. The number of rotatable bonds is 10. The molecule has 3 heterocycles. The number of furan rings is 2. The first-order valence-corrected chi connectivity index (χ1v) is 32.5. The average Bonchev–Trinajstić information content (AvgIpc) is 1.83. The number of carbonyl (C=O) groups excluding carboxylic acids is 1. The van der Waals surface area contributed by atoms with Crippen LogP contribution in [0.15, 0.2) is 176 Å². The Hall–Kier alpha value is -6.40. The van der Waals surface area contributed by atoms with E-state index < -0.39 is 0 Å². The SMILES string of the molecule is C.C.C=C(C)B1OC(C)(C)C(C)(C)O1.C=C(C)c1cc2oc3ccccc3c2c(C(=C)C)c1N.COc1cccc(OC)c1-c1ccccc1P(C1CCCCC1)C1CCCCC1.Nc1c(Br)cc2oc3ccccc3c2c1Br.O=Cc1ccccc1. The lowest BCUT2D eigenvalue weighted by Gasteiger charge is -2.39. The maximum atomic E-state index is 10.0. The summed E-state index contributed by atoms with van der Waals surface area (Å²) in [4.78, 5) is 10.0. The molecule has 7 aromatic carbocycles. The predicted molar refractivity (Wildman–Crippen MR) is 383 cm³/mol. The van der Waals surface area contributed by atoms with Gasteiger partial charge in [0, 0.05) is 48.4 Å². The first-order valence-electron chi connectivity index (χ1n) is 29.4. The summed E-state index contributed by atoms with van der Waals surface area (Å²) in [5.74, 6) is 1.83. The highest BCUT2D eigenvalue weighted by Crippen LogP contribution is 2.57. The fourth-order valence-corrected chi connectivity index (χ4v) is 16.8. The van der Waals surface area contributed by atoms with Crippen LogP contribution >= 0.6 is 39.8 Å². The van der Waals surface area contributed by atoms with Crippen LogP contribution in [0.5, 0.6) is 11.5 Å². The van der Waals surface area contributed by atoms with E-state index in [4.69, 9.17) is 39.1 Å². The second-order valence-corrected chi connectivity index (χ2v) is 27.7. The molecule has 2 aromatic heterocycles. The van der Waals surface area contributed by atoms with Crippen LogP contribution < -0.4 is 26.2 Å². The molecular formula is C74H90BBr2N2O7P. The highest BCUT2D eigenvalue weighted by molar-refractivity contribution is 9.11. The molecule has 0 radical (unpaired) electrons. The molecule has 3 aliphatic rings. The summed E-state index contributed by atoms with van der Waals surface area (Å²) in [6.45, 7) is 25.9. The van der Waals surface area contributed by atoms with Crippen LogP contribution in [-0.4, -0.2) is 50.1 Å². The van der Waals surface area contributed by atoms with Crippen molar-refractivity contribution in [2.45, 2.75) is 150 Å². The average molecular weight is 1320 g/mol. The molecule has 13 heteroatoms. The molecule has 1 saturated heterocycles. The van der Waals surface area contributed by atoms with E-state index in [1.165, 1.54) is 69.8 Å². The smallest absolute Gasteiger partial charge is 0.489 e. The van der Waals surface area contributed by atoms with Crippen LogP contribution in [0.25, 0.3) is 66.2 Å². The van der Waals surface area contributed by atoms with Gasteiger partial charge in [-0.1, -0.05) is 177 Å². The van der Waals surface area contributed by atoms with Crippen molar-refractivity contribution in [2.24, 2.45) is 0 Å². The highest BCUT2D eigenvalue weighted by Gasteiger charge is 2.51. The summed E-state index contributed by atoms with van der Waals surface area (Å²) < 4.78 is 36.4. The second kappa shape index (κ2) is 31.2. The third kappa shape index (κ3) is 15.9.